The van der Waals surface area contributed by atoms with Gasteiger partial charge in [0.1, 0.15) is 18.0 Å². The number of hydrogen-bond acceptors (Lipinski definition) is 6. The van der Waals surface area contributed by atoms with E-state index < -0.39 is 0 Å². The predicted octanol–water partition coefficient (Wildman–Crippen LogP) is 1.81. The molecule has 1 aliphatic rings. The summed E-state index contributed by atoms with van der Waals surface area (Å²) < 4.78 is 6.96. The number of nitrogens with zero attached hydrogens (tertiary/aromatic N) is 5. The van der Waals surface area contributed by atoms with Crippen LogP contribution in [0.25, 0.3) is 5.69 Å². The van der Waals surface area contributed by atoms with Gasteiger partial charge >= 0.3 is 0 Å². The van der Waals surface area contributed by atoms with Gasteiger partial charge in [0.15, 0.2) is 17.5 Å². The molecule has 0 fully saturated rings. The number of benzene rings is 1. The van der Waals surface area contributed by atoms with E-state index in [4.69, 9.17) is 4.74 Å². The van der Waals surface area contributed by atoms with Crippen molar-refractivity contribution in [2.45, 2.75) is 13.2 Å². The van der Waals surface area contributed by atoms with Crippen LogP contribution in [-0.4, -0.2) is 32.0 Å². The summed E-state index contributed by atoms with van der Waals surface area (Å²) in [4.78, 5) is 11.0. The first-order chi connectivity index (χ1) is 11.3. The van der Waals surface area contributed by atoms with Crippen LogP contribution < -0.4 is 9.64 Å². The lowest BCUT2D eigenvalue weighted by Crippen LogP contribution is -2.27. The molecule has 0 saturated heterocycles. The third-order valence-corrected chi connectivity index (χ3v) is 3.79. The molecule has 0 spiro atoms. The SMILES string of the molecule is COc1ccc(N2Cc3nc(CO)nn3-c3cccnc32)cc1. The summed E-state index contributed by atoms with van der Waals surface area (Å²) in [5, 5.41) is 13.6. The van der Waals surface area contributed by atoms with E-state index >= 15 is 0 Å². The maximum absolute atomic E-state index is 9.29. The van der Waals surface area contributed by atoms with Crippen LogP contribution >= 0.6 is 0 Å². The second-order valence-corrected chi connectivity index (χ2v) is 5.14. The monoisotopic (exact) mass is 309 g/mol. The minimum absolute atomic E-state index is 0.182. The lowest BCUT2D eigenvalue weighted by atomic mass is 10.2. The standard InChI is InChI=1S/C16H15N5O2/c1-23-12-6-4-11(5-7-12)20-9-15-18-14(10-22)19-21(15)13-3-2-8-17-16(13)20/h2-8,22H,9-10H2,1H3. The topological polar surface area (TPSA) is 76.3 Å². The summed E-state index contributed by atoms with van der Waals surface area (Å²) in [5.74, 6) is 2.79. The molecule has 1 N–H and O–H groups in total. The van der Waals surface area contributed by atoms with Crippen molar-refractivity contribution in [2.75, 3.05) is 12.0 Å². The Kier molecular flexibility index (Phi) is 3.20. The van der Waals surface area contributed by atoms with E-state index in [1.165, 1.54) is 0 Å². The number of ether oxygens (including phenoxy) is 1. The Bertz CT molecular complexity index is 844. The van der Waals surface area contributed by atoms with Crippen molar-refractivity contribution in [3.05, 3.63) is 54.2 Å². The van der Waals surface area contributed by atoms with Crippen LogP contribution in [0.2, 0.25) is 0 Å². The lowest BCUT2D eigenvalue weighted by molar-refractivity contribution is 0.271. The number of aromatic nitrogens is 4. The smallest absolute Gasteiger partial charge is 0.176 e. The molecule has 7 nitrogen and oxygen atoms in total. The molecule has 23 heavy (non-hydrogen) atoms. The highest BCUT2D eigenvalue weighted by Gasteiger charge is 2.26. The molecule has 3 heterocycles. The van der Waals surface area contributed by atoms with Gasteiger partial charge in [-0.1, -0.05) is 0 Å². The van der Waals surface area contributed by atoms with Crippen molar-refractivity contribution in [2.24, 2.45) is 0 Å². The molecule has 116 valence electrons. The molecule has 3 aromatic rings. The number of aliphatic hydroxyl groups is 1. The largest absolute Gasteiger partial charge is 0.497 e. The van der Waals surface area contributed by atoms with Gasteiger partial charge in [-0.15, -0.1) is 5.10 Å². The average molecular weight is 309 g/mol. The third-order valence-electron chi connectivity index (χ3n) is 3.79. The molecule has 0 amide bonds. The Labute approximate surface area is 132 Å². The Morgan fingerprint density at radius 2 is 2.04 bits per heavy atom. The summed E-state index contributed by atoms with van der Waals surface area (Å²) in [7, 11) is 1.64. The first-order valence-electron chi connectivity index (χ1n) is 7.23. The number of methoxy groups -OCH3 is 1. The molecule has 2 aromatic heterocycles. The zero-order valence-corrected chi connectivity index (χ0v) is 12.5. The van der Waals surface area contributed by atoms with Crippen LogP contribution in [-0.2, 0) is 13.2 Å². The lowest BCUT2D eigenvalue weighted by Gasteiger charge is -2.29. The summed E-state index contributed by atoms with van der Waals surface area (Å²) >= 11 is 0. The molecular formula is C16H15N5O2. The quantitative estimate of drug-likeness (QED) is 0.795. The van der Waals surface area contributed by atoms with Gasteiger partial charge < -0.3 is 14.7 Å². The van der Waals surface area contributed by atoms with Crippen LogP contribution in [0.3, 0.4) is 0 Å². The molecule has 0 saturated carbocycles. The van der Waals surface area contributed by atoms with Gasteiger partial charge in [0.25, 0.3) is 0 Å². The Hall–Kier alpha value is -2.93. The Balaban J connectivity index is 1.82. The maximum atomic E-state index is 9.29. The van der Waals surface area contributed by atoms with Crippen LogP contribution in [0, 0.1) is 0 Å². The first kappa shape index (κ1) is 13.7. The van der Waals surface area contributed by atoms with Crippen LogP contribution in [0.4, 0.5) is 11.5 Å². The third kappa shape index (κ3) is 2.22. The van der Waals surface area contributed by atoms with E-state index in [9.17, 15) is 5.11 Å². The molecule has 4 rings (SSSR count). The van der Waals surface area contributed by atoms with Crippen molar-refractivity contribution in [1.82, 2.24) is 19.7 Å². The maximum Gasteiger partial charge on any atom is 0.176 e. The number of anilines is 2. The summed E-state index contributed by atoms with van der Waals surface area (Å²) in [5.41, 5.74) is 1.84. The minimum atomic E-state index is -0.182. The predicted molar refractivity (Wildman–Crippen MR) is 83.9 cm³/mol. The average Bonchev–Trinajstić information content (AvgIpc) is 3.04. The van der Waals surface area contributed by atoms with E-state index in [0.29, 0.717) is 12.4 Å². The van der Waals surface area contributed by atoms with E-state index in [0.717, 1.165) is 28.8 Å². The minimum Gasteiger partial charge on any atom is -0.497 e. The molecule has 1 aromatic carbocycles. The van der Waals surface area contributed by atoms with Gasteiger partial charge in [-0.25, -0.2) is 14.6 Å². The van der Waals surface area contributed by atoms with E-state index in [1.54, 1.807) is 18.0 Å². The summed E-state index contributed by atoms with van der Waals surface area (Å²) in [6.45, 7) is 0.349. The number of fused-ring (bicyclic) bond motifs is 3. The molecule has 0 radical (unpaired) electrons. The molecule has 1 aliphatic heterocycles. The highest BCUT2D eigenvalue weighted by Crippen LogP contribution is 2.35. The van der Waals surface area contributed by atoms with Gasteiger partial charge in [-0.2, -0.15) is 0 Å². The van der Waals surface area contributed by atoms with E-state index in [1.807, 2.05) is 36.4 Å². The van der Waals surface area contributed by atoms with Crippen molar-refractivity contribution >= 4 is 11.5 Å². The van der Waals surface area contributed by atoms with Crippen molar-refractivity contribution < 1.29 is 9.84 Å². The van der Waals surface area contributed by atoms with Crippen molar-refractivity contribution in [3.63, 3.8) is 0 Å². The van der Waals surface area contributed by atoms with Crippen molar-refractivity contribution in [3.8, 4) is 11.4 Å². The van der Waals surface area contributed by atoms with Gasteiger partial charge in [-0.05, 0) is 36.4 Å². The molecule has 0 bridgehead atoms. The number of hydrogen-bond donors (Lipinski definition) is 1. The fourth-order valence-electron chi connectivity index (χ4n) is 2.71. The van der Waals surface area contributed by atoms with Crippen LogP contribution in [0.5, 0.6) is 5.75 Å². The highest BCUT2D eigenvalue weighted by atomic mass is 16.5. The van der Waals surface area contributed by atoms with E-state index in [2.05, 4.69) is 20.0 Å². The van der Waals surface area contributed by atoms with E-state index in [-0.39, 0.29) is 6.61 Å². The molecule has 0 atom stereocenters. The second kappa shape index (κ2) is 5.36. The number of aliphatic hydroxyl groups excluding tert-OH is 1. The van der Waals surface area contributed by atoms with Gasteiger partial charge in [-0.3, -0.25) is 0 Å². The zero-order chi connectivity index (χ0) is 15.8. The van der Waals surface area contributed by atoms with Gasteiger partial charge in [0, 0.05) is 11.9 Å². The summed E-state index contributed by atoms with van der Waals surface area (Å²) in [6, 6.07) is 11.6. The first-order valence-corrected chi connectivity index (χ1v) is 7.23. The van der Waals surface area contributed by atoms with Gasteiger partial charge in [0.05, 0.1) is 13.7 Å². The number of rotatable bonds is 3. The number of pyridine rings is 1. The van der Waals surface area contributed by atoms with Crippen molar-refractivity contribution in [1.29, 1.82) is 0 Å². The van der Waals surface area contributed by atoms with Gasteiger partial charge in [0.2, 0.25) is 0 Å². The molecule has 0 unspecified atom stereocenters. The normalized spacial score (nSPS) is 12.7. The zero-order valence-electron chi connectivity index (χ0n) is 12.5. The van der Waals surface area contributed by atoms with Crippen LogP contribution in [0.1, 0.15) is 11.6 Å². The molecular weight excluding hydrogens is 294 g/mol. The molecule has 0 aliphatic carbocycles. The fourth-order valence-corrected chi connectivity index (χ4v) is 2.71. The Morgan fingerprint density at radius 3 is 2.78 bits per heavy atom. The highest BCUT2D eigenvalue weighted by molar-refractivity contribution is 5.70. The fraction of sp³-hybridized carbons (Fsp3) is 0.188. The summed E-state index contributed by atoms with van der Waals surface area (Å²) in [6.07, 6.45) is 1.75. The van der Waals surface area contributed by atoms with Crippen LogP contribution in [0.15, 0.2) is 42.6 Å². The second-order valence-electron chi connectivity index (χ2n) is 5.14. The Morgan fingerprint density at radius 1 is 1.22 bits per heavy atom. The molecule has 7 heteroatoms.